The average Bonchev–Trinajstić information content (AvgIpc) is 2.00. The van der Waals surface area contributed by atoms with Gasteiger partial charge in [0.25, 0.3) is 0 Å². The summed E-state index contributed by atoms with van der Waals surface area (Å²) in [6.07, 6.45) is 0.782. The van der Waals surface area contributed by atoms with Crippen LogP contribution in [0.15, 0.2) is 0 Å². The van der Waals surface area contributed by atoms with Crippen molar-refractivity contribution in [2.45, 2.75) is 33.3 Å². The van der Waals surface area contributed by atoms with Gasteiger partial charge in [-0.05, 0) is 11.8 Å². The van der Waals surface area contributed by atoms with E-state index in [9.17, 15) is 5.11 Å². The van der Waals surface area contributed by atoms with E-state index in [1.165, 1.54) is 0 Å². The van der Waals surface area contributed by atoms with Crippen molar-refractivity contribution in [3.8, 4) is 0 Å². The standard InChI is InChI=1S/C8H17ClO/c1-4-6(2)8(10)7(3)5-9/h6-8,10H,4-5H2,1-3H3/t6?,7?,8-/m0/s1. The van der Waals surface area contributed by atoms with Gasteiger partial charge in [0.2, 0.25) is 0 Å². The van der Waals surface area contributed by atoms with Crippen LogP contribution in [0.4, 0.5) is 0 Å². The predicted molar refractivity (Wildman–Crippen MR) is 45.3 cm³/mol. The first kappa shape index (κ1) is 10.2. The molecule has 0 amide bonds. The second-order valence-corrected chi connectivity index (χ2v) is 3.32. The second-order valence-electron chi connectivity index (χ2n) is 3.01. The molecule has 0 saturated carbocycles. The first-order chi connectivity index (χ1) is 4.63. The highest BCUT2D eigenvalue weighted by molar-refractivity contribution is 6.18. The van der Waals surface area contributed by atoms with Crippen molar-refractivity contribution >= 4 is 11.6 Å². The lowest BCUT2D eigenvalue weighted by molar-refractivity contribution is 0.0720. The van der Waals surface area contributed by atoms with E-state index in [0.29, 0.717) is 11.8 Å². The Morgan fingerprint density at radius 1 is 1.30 bits per heavy atom. The van der Waals surface area contributed by atoms with Crippen LogP contribution in [0.25, 0.3) is 0 Å². The lowest BCUT2D eigenvalue weighted by atomic mass is 9.93. The molecule has 2 heteroatoms. The molecule has 1 N–H and O–H groups in total. The van der Waals surface area contributed by atoms with Crippen LogP contribution in [0.2, 0.25) is 0 Å². The van der Waals surface area contributed by atoms with Gasteiger partial charge in [0.05, 0.1) is 6.10 Å². The van der Waals surface area contributed by atoms with Crippen molar-refractivity contribution in [2.75, 3.05) is 5.88 Å². The molecule has 10 heavy (non-hydrogen) atoms. The fraction of sp³-hybridized carbons (Fsp3) is 1.00. The second kappa shape index (κ2) is 4.97. The highest BCUT2D eigenvalue weighted by Crippen LogP contribution is 2.16. The molecule has 0 heterocycles. The van der Waals surface area contributed by atoms with E-state index in [0.717, 1.165) is 6.42 Å². The molecule has 0 aromatic heterocycles. The minimum atomic E-state index is -0.234. The number of hydrogen-bond donors (Lipinski definition) is 1. The summed E-state index contributed by atoms with van der Waals surface area (Å²) >= 11 is 5.59. The van der Waals surface area contributed by atoms with E-state index < -0.39 is 0 Å². The molecular weight excluding hydrogens is 148 g/mol. The van der Waals surface area contributed by atoms with Gasteiger partial charge in [0.1, 0.15) is 0 Å². The molecule has 0 radical (unpaired) electrons. The van der Waals surface area contributed by atoms with Crippen LogP contribution < -0.4 is 0 Å². The molecule has 2 unspecified atom stereocenters. The van der Waals surface area contributed by atoms with E-state index in [2.05, 4.69) is 6.92 Å². The third-order valence-electron chi connectivity index (χ3n) is 2.05. The van der Waals surface area contributed by atoms with Gasteiger partial charge in [-0.1, -0.05) is 27.2 Å². The number of aliphatic hydroxyl groups excluding tert-OH is 1. The van der Waals surface area contributed by atoms with Crippen LogP contribution in [-0.4, -0.2) is 17.1 Å². The van der Waals surface area contributed by atoms with Crippen LogP contribution in [0, 0.1) is 11.8 Å². The lowest BCUT2D eigenvalue weighted by Gasteiger charge is -2.21. The van der Waals surface area contributed by atoms with E-state index in [-0.39, 0.29) is 12.0 Å². The maximum atomic E-state index is 9.50. The summed E-state index contributed by atoms with van der Waals surface area (Å²) in [5.41, 5.74) is 0. The topological polar surface area (TPSA) is 20.2 Å². The van der Waals surface area contributed by atoms with Crippen molar-refractivity contribution in [1.29, 1.82) is 0 Å². The molecular formula is C8H17ClO. The first-order valence-electron chi connectivity index (χ1n) is 3.87. The van der Waals surface area contributed by atoms with Crippen molar-refractivity contribution in [3.63, 3.8) is 0 Å². The quantitative estimate of drug-likeness (QED) is 0.633. The predicted octanol–water partition coefficient (Wildman–Crippen LogP) is 2.27. The molecule has 0 fully saturated rings. The minimum absolute atomic E-state index is 0.219. The smallest absolute Gasteiger partial charge is 0.0602 e. The van der Waals surface area contributed by atoms with Crippen molar-refractivity contribution in [1.82, 2.24) is 0 Å². The Bertz CT molecular complexity index is 75.3. The summed E-state index contributed by atoms with van der Waals surface area (Å²) in [5.74, 6) is 1.14. The number of halogens is 1. The summed E-state index contributed by atoms with van der Waals surface area (Å²) in [6, 6.07) is 0. The van der Waals surface area contributed by atoms with Gasteiger partial charge in [0, 0.05) is 5.88 Å². The van der Waals surface area contributed by atoms with Crippen molar-refractivity contribution in [3.05, 3.63) is 0 Å². The van der Waals surface area contributed by atoms with Gasteiger partial charge < -0.3 is 5.11 Å². The average molecular weight is 165 g/mol. The van der Waals surface area contributed by atoms with Crippen LogP contribution in [-0.2, 0) is 0 Å². The number of rotatable bonds is 4. The zero-order valence-corrected chi connectivity index (χ0v) is 7.73. The molecule has 0 aliphatic carbocycles. The summed E-state index contributed by atoms with van der Waals surface area (Å²) in [6.45, 7) is 6.10. The Hall–Kier alpha value is 0.250. The molecule has 0 aliphatic rings. The van der Waals surface area contributed by atoms with Gasteiger partial charge >= 0.3 is 0 Å². The highest BCUT2D eigenvalue weighted by Gasteiger charge is 2.18. The number of alkyl halides is 1. The summed E-state index contributed by atoms with van der Waals surface area (Å²) < 4.78 is 0. The monoisotopic (exact) mass is 164 g/mol. The fourth-order valence-electron chi connectivity index (χ4n) is 0.894. The summed E-state index contributed by atoms with van der Waals surface area (Å²) in [4.78, 5) is 0. The zero-order chi connectivity index (χ0) is 8.15. The first-order valence-corrected chi connectivity index (χ1v) is 4.40. The van der Waals surface area contributed by atoms with Crippen LogP contribution in [0.1, 0.15) is 27.2 Å². The van der Waals surface area contributed by atoms with Gasteiger partial charge in [-0.3, -0.25) is 0 Å². The Labute approximate surface area is 68.4 Å². The minimum Gasteiger partial charge on any atom is -0.393 e. The summed E-state index contributed by atoms with van der Waals surface area (Å²) in [5, 5.41) is 9.50. The Balaban J connectivity index is 3.69. The van der Waals surface area contributed by atoms with E-state index >= 15 is 0 Å². The molecule has 1 nitrogen and oxygen atoms in total. The molecule has 0 spiro atoms. The fourth-order valence-corrected chi connectivity index (χ4v) is 1.08. The molecule has 62 valence electrons. The van der Waals surface area contributed by atoms with Crippen molar-refractivity contribution in [2.24, 2.45) is 11.8 Å². The zero-order valence-electron chi connectivity index (χ0n) is 6.97. The molecule has 0 rings (SSSR count). The van der Waals surface area contributed by atoms with Crippen LogP contribution in [0.5, 0.6) is 0 Å². The highest BCUT2D eigenvalue weighted by atomic mass is 35.5. The Kier molecular flexibility index (Phi) is 5.10. The lowest BCUT2D eigenvalue weighted by Crippen LogP contribution is -2.26. The molecule has 3 atom stereocenters. The molecule has 0 aliphatic heterocycles. The Morgan fingerprint density at radius 3 is 2.10 bits per heavy atom. The van der Waals surface area contributed by atoms with Gasteiger partial charge in [0.15, 0.2) is 0 Å². The maximum Gasteiger partial charge on any atom is 0.0602 e. The van der Waals surface area contributed by atoms with Crippen molar-refractivity contribution < 1.29 is 5.11 Å². The SMILES string of the molecule is CCC(C)[C@H](O)C(C)CCl. The molecule has 0 saturated heterocycles. The third kappa shape index (κ3) is 2.89. The van der Waals surface area contributed by atoms with Crippen LogP contribution >= 0.6 is 11.6 Å². The van der Waals surface area contributed by atoms with Gasteiger partial charge in [-0.25, -0.2) is 0 Å². The van der Waals surface area contributed by atoms with Crippen LogP contribution in [0.3, 0.4) is 0 Å². The summed E-state index contributed by atoms with van der Waals surface area (Å²) in [7, 11) is 0. The Morgan fingerprint density at radius 2 is 1.80 bits per heavy atom. The van der Waals surface area contributed by atoms with Gasteiger partial charge in [-0.2, -0.15) is 0 Å². The maximum absolute atomic E-state index is 9.50. The van der Waals surface area contributed by atoms with E-state index in [1.54, 1.807) is 0 Å². The molecule has 0 aromatic carbocycles. The normalized spacial score (nSPS) is 20.1. The van der Waals surface area contributed by atoms with E-state index in [4.69, 9.17) is 11.6 Å². The molecule has 0 bridgehead atoms. The number of aliphatic hydroxyl groups is 1. The van der Waals surface area contributed by atoms with Gasteiger partial charge in [-0.15, -0.1) is 11.6 Å². The third-order valence-corrected chi connectivity index (χ3v) is 2.54. The largest absolute Gasteiger partial charge is 0.393 e. The van der Waals surface area contributed by atoms with E-state index in [1.807, 2.05) is 13.8 Å². The number of hydrogen-bond acceptors (Lipinski definition) is 1. The molecule has 0 aromatic rings.